The molecule has 0 aliphatic heterocycles. The van der Waals surface area contributed by atoms with Crippen LogP contribution in [0.25, 0.3) is 0 Å². The number of hydrogen-bond donors (Lipinski definition) is 0. The molecule has 0 heterocycles. The van der Waals surface area contributed by atoms with Gasteiger partial charge in [0.25, 0.3) is 0 Å². The quantitative estimate of drug-likeness (QED) is 0.600. The van der Waals surface area contributed by atoms with Crippen LogP contribution in [0.1, 0.15) is 12.8 Å². The van der Waals surface area contributed by atoms with Gasteiger partial charge in [0.15, 0.2) is 0 Å². The van der Waals surface area contributed by atoms with E-state index in [1.807, 2.05) is 0 Å². The molecule has 0 spiro atoms. The molecule has 92 valence electrons. The standard InChI is InChI=1S/C16H16O2/c17-15-13-7-3-1-4(3)8-11(7)12-9(13)5-2-6(5)10(12)14(8)16(15)18/h3-14H,1-2H2/t3-,4-,5+,6+,7-,8-,9+,10+,11?,12?,13?,14?. The van der Waals surface area contributed by atoms with Crippen molar-refractivity contribution in [1.82, 2.24) is 0 Å². The Kier molecular flexibility index (Phi) is 0.967. The molecule has 0 amide bonds. The Hall–Kier alpha value is -0.660. The van der Waals surface area contributed by atoms with Crippen LogP contribution < -0.4 is 0 Å². The van der Waals surface area contributed by atoms with Crippen LogP contribution in [0.5, 0.6) is 0 Å². The van der Waals surface area contributed by atoms with Crippen molar-refractivity contribution in [2.24, 2.45) is 71.0 Å². The lowest BCUT2D eigenvalue weighted by molar-refractivity contribution is -0.143. The maximum Gasteiger partial charge on any atom is 0.202 e. The Labute approximate surface area is 105 Å². The van der Waals surface area contributed by atoms with E-state index < -0.39 is 0 Å². The molecule has 8 fully saturated rings. The van der Waals surface area contributed by atoms with Crippen LogP contribution in [0.4, 0.5) is 0 Å². The number of carbonyl (C=O) groups excluding carboxylic acids is 2. The summed E-state index contributed by atoms with van der Waals surface area (Å²) in [7, 11) is 0. The van der Waals surface area contributed by atoms with E-state index in [-0.39, 0.29) is 23.4 Å². The Morgan fingerprint density at radius 1 is 0.556 bits per heavy atom. The summed E-state index contributed by atoms with van der Waals surface area (Å²) in [6.45, 7) is 0. The molecule has 8 saturated carbocycles. The maximum atomic E-state index is 12.6. The SMILES string of the molecule is O=C1C(=O)C2[C@@H]3C4C5[C@H](C1[C@H]4[C@H]1C[C@H]31)[C@@H]1C[C@H]1[C@@H]25. The number of rotatable bonds is 0. The van der Waals surface area contributed by atoms with Gasteiger partial charge in [0.1, 0.15) is 0 Å². The first-order chi connectivity index (χ1) is 8.79. The van der Waals surface area contributed by atoms with Gasteiger partial charge in [-0.25, -0.2) is 0 Å². The van der Waals surface area contributed by atoms with Gasteiger partial charge in [-0.1, -0.05) is 0 Å². The monoisotopic (exact) mass is 240 g/mol. The van der Waals surface area contributed by atoms with Crippen molar-refractivity contribution in [3.63, 3.8) is 0 Å². The third-order valence-corrected chi connectivity index (χ3v) is 8.49. The van der Waals surface area contributed by atoms with Gasteiger partial charge in [-0.3, -0.25) is 9.59 Å². The number of fused-ring (bicyclic) bond motifs is 3. The highest BCUT2D eigenvalue weighted by Gasteiger charge is 2.85. The largest absolute Gasteiger partial charge is 0.291 e. The zero-order chi connectivity index (χ0) is 11.5. The molecular formula is C16H16O2. The predicted octanol–water partition coefficient (Wildman–Crippen LogP) is 1.39. The molecule has 2 nitrogen and oxygen atoms in total. The minimum absolute atomic E-state index is 0.100. The molecule has 0 N–H and O–H groups in total. The highest BCUT2D eigenvalue weighted by Crippen LogP contribution is 2.86. The van der Waals surface area contributed by atoms with Crippen LogP contribution in [-0.2, 0) is 9.59 Å². The van der Waals surface area contributed by atoms with Crippen molar-refractivity contribution in [3.05, 3.63) is 0 Å². The van der Waals surface area contributed by atoms with E-state index in [9.17, 15) is 9.59 Å². The van der Waals surface area contributed by atoms with Gasteiger partial charge in [-0.15, -0.1) is 0 Å². The molecule has 0 radical (unpaired) electrons. The van der Waals surface area contributed by atoms with Gasteiger partial charge in [0.05, 0.1) is 0 Å². The maximum absolute atomic E-state index is 12.6. The molecular weight excluding hydrogens is 224 g/mol. The van der Waals surface area contributed by atoms with Gasteiger partial charge in [0, 0.05) is 11.8 Å². The van der Waals surface area contributed by atoms with E-state index >= 15 is 0 Å². The van der Waals surface area contributed by atoms with Gasteiger partial charge in [-0.05, 0) is 72.0 Å². The average molecular weight is 240 g/mol. The van der Waals surface area contributed by atoms with E-state index in [0.29, 0.717) is 23.7 Å². The third-order valence-electron chi connectivity index (χ3n) is 8.49. The number of ketones is 2. The highest BCUT2D eigenvalue weighted by atomic mass is 16.2. The zero-order valence-electron chi connectivity index (χ0n) is 10.2. The minimum atomic E-state index is 0.100. The summed E-state index contributed by atoms with van der Waals surface area (Å²) in [5.74, 6) is 8.41. The van der Waals surface area contributed by atoms with Crippen molar-refractivity contribution in [2.45, 2.75) is 12.8 Å². The van der Waals surface area contributed by atoms with Gasteiger partial charge < -0.3 is 0 Å². The minimum Gasteiger partial charge on any atom is -0.291 e. The van der Waals surface area contributed by atoms with Gasteiger partial charge in [-0.2, -0.15) is 0 Å². The normalized spacial score (nSPS) is 78.9. The van der Waals surface area contributed by atoms with E-state index in [1.165, 1.54) is 12.8 Å². The predicted molar refractivity (Wildman–Crippen MR) is 61.1 cm³/mol. The lowest BCUT2D eigenvalue weighted by Crippen LogP contribution is -2.37. The Bertz CT molecular complexity index is 483. The van der Waals surface area contributed by atoms with Crippen molar-refractivity contribution in [1.29, 1.82) is 0 Å². The van der Waals surface area contributed by atoms with Crippen LogP contribution in [0.2, 0.25) is 0 Å². The lowest BCUT2D eigenvalue weighted by Gasteiger charge is -2.24. The second-order valence-electron chi connectivity index (χ2n) is 8.37. The summed E-state index contributed by atoms with van der Waals surface area (Å²) in [6, 6.07) is 0. The first kappa shape index (κ1) is 8.50. The fraction of sp³-hybridized carbons (Fsp3) is 0.875. The Morgan fingerprint density at radius 2 is 0.889 bits per heavy atom. The van der Waals surface area contributed by atoms with Gasteiger partial charge >= 0.3 is 0 Å². The zero-order valence-corrected chi connectivity index (χ0v) is 10.2. The molecule has 8 aliphatic carbocycles. The van der Waals surface area contributed by atoms with Crippen molar-refractivity contribution < 1.29 is 9.59 Å². The molecule has 10 atom stereocenters. The smallest absolute Gasteiger partial charge is 0.202 e. The summed E-state index contributed by atoms with van der Waals surface area (Å²) in [6.07, 6.45) is 2.72. The first-order valence-corrected chi connectivity index (χ1v) is 7.87. The number of hydrogen-bond acceptors (Lipinski definition) is 2. The average Bonchev–Trinajstić information content (AvgIpc) is 3.19. The molecule has 18 heavy (non-hydrogen) atoms. The van der Waals surface area contributed by atoms with E-state index in [0.717, 1.165) is 35.5 Å². The van der Waals surface area contributed by atoms with Crippen molar-refractivity contribution >= 4 is 11.6 Å². The van der Waals surface area contributed by atoms with Crippen LogP contribution in [0, 0.1) is 71.0 Å². The van der Waals surface area contributed by atoms with Crippen molar-refractivity contribution in [2.75, 3.05) is 0 Å². The Morgan fingerprint density at radius 3 is 1.22 bits per heavy atom. The molecule has 8 aliphatic rings. The second kappa shape index (κ2) is 2.05. The fourth-order valence-corrected chi connectivity index (χ4v) is 8.49. The number of carbonyl (C=O) groups is 2. The molecule has 0 saturated heterocycles. The van der Waals surface area contributed by atoms with Crippen LogP contribution in [0.15, 0.2) is 0 Å². The lowest BCUT2D eigenvalue weighted by atomic mass is 9.77. The van der Waals surface area contributed by atoms with Crippen LogP contribution in [0.3, 0.4) is 0 Å². The van der Waals surface area contributed by atoms with Crippen LogP contribution >= 0.6 is 0 Å². The van der Waals surface area contributed by atoms with Crippen LogP contribution in [-0.4, -0.2) is 11.6 Å². The van der Waals surface area contributed by atoms with E-state index in [1.54, 1.807) is 0 Å². The molecule has 0 aromatic heterocycles. The Balaban J connectivity index is 1.61. The molecule has 0 aromatic carbocycles. The van der Waals surface area contributed by atoms with E-state index in [2.05, 4.69) is 0 Å². The van der Waals surface area contributed by atoms with Gasteiger partial charge in [0.2, 0.25) is 11.6 Å². The summed E-state index contributed by atoms with van der Waals surface area (Å²) in [5.41, 5.74) is 0. The summed E-state index contributed by atoms with van der Waals surface area (Å²) in [4.78, 5) is 25.2. The molecule has 8 rings (SSSR count). The molecule has 0 aromatic rings. The fourth-order valence-electron chi connectivity index (χ4n) is 8.49. The van der Waals surface area contributed by atoms with Crippen molar-refractivity contribution in [3.8, 4) is 0 Å². The summed E-state index contributed by atoms with van der Waals surface area (Å²) < 4.78 is 0. The summed E-state index contributed by atoms with van der Waals surface area (Å²) >= 11 is 0. The number of Topliss-reactive ketones (excluding diaryl/α,β-unsaturated/α-hetero) is 2. The summed E-state index contributed by atoms with van der Waals surface area (Å²) in [5, 5.41) is 0. The second-order valence-corrected chi connectivity index (χ2v) is 8.37. The molecule has 2 heteroatoms. The molecule has 2 unspecified atom stereocenters. The highest BCUT2D eigenvalue weighted by molar-refractivity contribution is 6.39. The molecule has 8 bridgehead atoms. The first-order valence-electron chi connectivity index (χ1n) is 7.87. The van der Waals surface area contributed by atoms with E-state index in [4.69, 9.17) is 0 Å². The third kappa shape index (κ3) is 0.556. The topological polar surface area (TPSA) is 34.1 Å².